The highest BCUT2D eigenvalue weighted by Gasteiger charge is 2.07. The van der Waals surface area contributed by atoms with Crippen molar-refractivity contribution in [2.45, 2.75) is 13.0 Å². The molecule has 0 saturated carbocycles. The fraction of sp³-hybridized carbons (Fsp3) is 0.286. The van der Waals surface area contributed by atoms with E-state index in [-0.39, 0.29) is 5.69 Å². The third kappa shape index (κ3) is 2.16. The Kier molecular flexibility index (Phi) is 2.40. The predicted molar refractivity (Wildman–Crippen MR) is 47.1 cm³/mol. The quantitative estimate of drug-likeness (QED) is 0.690. The zero-order chi connectivity index (χ0) is 10.7. The van der Waals surface area contributed by atoms with Gasteiger partial charge in [0.25, 0.3) is 0 Å². The van der Waals surface area contributed by atoms with Crippen LogP contribution in [0.5, 0.6) is 0 Å². The van der Waals surface area contributed by atoms with Gasteiger partial charge in [0.15, 0.2) is 5.69 Å². The van der Waals surface area contributed by atoms with Crippen molar-refractivity contribution in [3.8, 4) is 0 Å². The minimum absolute atomic E-state index is 0.0155. The van der Waals surface area contributed by atoms with E-state index < -0.39 is 5.97 Å². The van der Waals surface area contributed by atoms with Crippen LogP contribution in [-0.2, 0) is 13.0 Å². The molecule has 0 saturated heterocycles. The maximum absolute atomic E-state index is 10.5. The fourth-order valence-corrected chi connectivity index (χ4v) is 1.12. The van der Waals surface area contributed by atoms with Crippen LogP contribution in [0.1, 0.15) is 16.2 Å². The molecule has 0 spiro atoms. The third-order valence-corrected chi connectivity index (χ3v) is 1.85. The largest absolute Gasteiger partial charge is 0.476 e. The van der Waals surface area contributed by atoms with E-state index in [0.29, 0.717) is 13.0 Å². The van der Waals surface area contributed by atoms with Gasteiger partial charge < -0.3 is 5.11 Å². The molecular weight excluding hydrogens is 200 g/mol. The van der Waals surface area contributed by atoms with Crippen molar-refractivity contribution < 1.29 is 9.90 Å². The van der Waals surface area contributed by atoms with E-state index in [1.54, 1.807) is 4.68 Å². The second-order valence-corrected chi connectivity index (χ2v) is 2.91. The number of carbonyl (C=O) groups is 1. The number of nitrogens with one attached hydrogen (secondary N) is 1. The van der Waals surface area contributed by atoms with Gasteiger partial charge in [-0.15, -0.1) is 5.10 Å². The molecule has 2 rings (SSSR count). The molecule has 8 nitrogen and oxygen atoms in total. The lowest BCUT2D eigenvalue weighted by Crippen LogP contribution is -2.02. The number of nitrogens with zero attached hydrogens (tertiary/aromatic N) is 5. The topological polar surface area (TPSA) is 110 Å². The molecule has 2 aromatic heterocycles. The number of carboxylic acids is 1. The number of H-pyrrole nitrogens is 1. The molecule has 0 amide bonds. The van der Waals surface area contributed by atoms with Crippen molar-refractivity contribution in [3.05, 3.63) is 23.8 Å². The van der Waals surface area contributed by atoms with Crippen molar-refractivity contribution in [1.29, 1.82) is 0 Å². The molecule has 78 valence electrons. The normalized spacial score (nSPS) is 10.4. The molecule has 0 bridgehead atoms. The van der Waals surface area contributed by atoms with Crippen LogP contribution in [0.15, 0.2) is 12.4 Å². The summed E-state index contributed by atoms with van der Waals surface area (Å²) in [5, 5.41) is 25.5. The van der Waals surface area contributed by atoms with Crippen LogP contribution in [0.2, 0.25) is 0 Å². The summed E-state index contributed by atoms with van der Waals surface area (Å²) in [7, 11) is 0. The van der Waals surface area contributed by atoms with E-state index >= 15 is 0 Å². The Morgan fingerprint density at radius 2 is 2.47 bits per heavy atom. The van der Waals surface area contributed by atoms with Gasteiger partial charge in [0.1, 0.15) is 6.33 Å². The Labute approximate surface area is 83.9 Å². The number of tetrazole rings is 1. The van der Waals surface area contributed by atoms with Crippen LogP contribution in [-0.4, -0.2) is 41.5 Å². The number of hydrogen-bond acceptors (Lipinski definition) is 5. The highest BCUT2D eigenvalue weighted by molar-refractivity contribution is 5.85. The Morgan fingerprint density at radius 1 is 1.60 bits per heavy atom. The third-order valence-electron chi connectivity index (χ3n) is 1.85. The zero-order valence-corrected chi connectivity index (χ0v) is 7.66. The average Bonchev–Trinajstić information content (AvgIpc) is 2.86. The van der Waals surface area contributed by atoms with E-state index in [1.807, 2.05) is 0 Å². The number of aromatic nitrogens is 6. The Bertz CT molecular complexity index is 448. The van der Waals surface area contributed by atoms with E-state index in [2.05, 4.69) is 25.7 Å². The first kappa shape index (κ1) is 9.31. The van der Waals surface area contributed by atoms with Gasteiger partial charge in [-0.2, -0.15) is 5.10 Å². The molecule has 0 fully saturated rings. The van der Waals surface area contributed by atoms with Crippen LogP contribution in [0.4, 0.5) is 0 Å². The molecule has 2 N–H and O–H groups in total. The lowest BCUT2D eigenvalue weighted by Gasteiger charge is -1.95. The lowest BCUT2D eigenvalue weighted by atomic mass is 10.3. The van der Waals surface area contributed by atoms with Crippen LogP contribution >= 0.6 is 0 Å². The van der Waals surface area contributed by atoms with Crippen molar-refractivity contribution in [2.75, 3.05) is 0 Å². The van der Waals surface area contributed by atoms with Gasteiger partial charge >= 0.3 is 5.97 Å². The van der Waals surface area contributed by atoms with Crippen LogP contribution in [0.3, 0.4) is 0 Å². The molecule has 2 heterocycles. The minimum atomic E-state index is -1.04. The molecule has 0 aliphatic rings. The monoisotopic (exact) mass is 208 g/mol. The summed E-state index contributed by atoms with van der Waals surface area (Å²) in [5.74, 6) is -1.04. The van der Waals surface area contributed by atoms with E-state index in [0.717, 1.165) is 5.69 Å². The Balaban J connectivity index is 1.96. The highest BCUT2D eigenvalue weighted by atomic mass is 16.4. The molecular formula is C7H8N6O2. The smallest absolute Gasteiger partial charge is 0.356 e. The maximum Gasteiger partial charge on any atom is 0.356 e. The van der Waals surface area contributed by atoms with Crippen molar-refractivity contribution in [3.63, 3.8) is 0 Å². The molecule has 8 heteroatoms. The molecule has 0 aliphatic heterocycles. The molecule has 0 atom stereocenters. The SMILES string of the molecule is O=C(O)c1cc(CCn2cnnn2)[nH]n1. The molecule has 0 unspecified atom stereocenters. The number of aromatic carboxylic acids is 1. The van der Waals surface area contributed by atoms with E-state index in [4.69, 9.17) is 5.11 Å². The van der Waals surface area contributed by atoms with Gasteiger partial charge in [-0.1, -0.05) is 0 Å². The molecule has 15 heavy (non-hydrogen) atoms. The summed E-state index contributed by atoms with van der Waals surface area (Å²) < 4.78 is 1.56. The Morgan fingerprint density at radius 3 is 3.07 bits per heavy atom. The van der Waals surface area contributed by atoms with E-state index in [1.165, 1.54) is 12.4 Å². The molecule has 0 radical (unpaired) electrons. The summed E-state index contributed by atoms with van der Waals surface area (Å²) in [6, 6.07) is 1.49. The van der Waals surface area contributed by atoms with Crippen molar-refractivity contribution >= 4 is 5.97 Å². The highest BCUT2D eigenvalue weighted by Crippen LogP contribution is 2.01. The predicted octanol–water partition coefficient (Wildman–Crippen LogP) is -0.663. The Hall–Kier alpha value is -2.25. The van der Waals surface area contributed by atoms with Gasteiger partial charge in [-0.05, 0) is 16.5 Å². The fourth-order valence-electron chi connectivity index (χ4n) is 1.12. The minimum Gasteiger partial charge on any atom is -0.476 e. The molecule has 0 aromatic carbocycles. The second kappa shape index (κ2) is 3.86. The van der Waals surface area contributed by atoms with Gasteiger partial charge in [-0.3, -0.25) is 5.10 Å². The second-order valence-electron chi connectivity index (χ2n) is 2.91. The van der Waals surface area contributed by atoms with Crippen LogP contribution in [0, 0.1) is 0 Å². The lowest BCUT2D eigenvalue weighted by molar-refractivity contribution is 0.0690. The van der Waals surface area contributed by atoms with Crippen molar-refractivity contribution in [1.82, 2.24) is 30.4 Å². The summed E-state index contributed by atoms with van der Waals surface area (Å²) >= 11 is 0. The summed E-state index contributed by atoms with van der Waals surface area (Å²) in [6.07, 6.45) is 2.10. The van der Waals surface area contributed by atoms with Gasteiger partial charge in [0, 0.05) is 12.1 Å². The van der Waals surface area contributed by atoms with Crippen LogP contribution < -0.4 is 0 Å². The first-order valence-electron chi connectivity index (χ1n) is 4.24. The first-order chi connectivity index (χ1) is 7.25. The standard InChI is InChI=1S/C7H8N6O2/c14-7(15)6-3-5(9-10-6)1-2-13-4-8-11-12-13/h3-4H,1-2H2,(H,9,10)(H,14,15). The summed E-state index contributed by atoms with van der Waals surface area (Å²) in [4.78, 5) is 10.5. The van der Waals surface area contributed by atoms with Gasteiger partial charge in [-0.25, -0.2) is 9.48 Å². The van der Waals surface area contributed by atoms with Crippen molar-refractivity contribution in [2.24, 2.45) is 0 Å². The van der Waals surface area contributed by atoms with Gasteiger partial charge in [0.05, 0.1) is 6.54 Å². The number of aromatic amines is 1. The van der Waals surface area contributed by atoms with Gasteiger partial charge in [0.2, 0.25) is 0 Å². The number of carboxylic acid groups (broad SMARTS) is 1. The molecule has 0 aliphatic carbocycles. The number of rotatable bonds is 4. The molecule has 2 aromatic rings. The zero-order valence-electron chi connectivity index (χ0n) is 7.66. The number of aryl methyl sites for hydroxylation is 2. The first-order valence-corrected chi connectivity index (χ1v) is 4.24. The van der Waals surface area contributed by atoms with Crippen LogP contribution in [0.25, 0.3) is 0 Å². The van der Waals surface area contributed by atoms with E-state index in [9.17, 15) is 4.79 Å². The summed E-state index contributed by atoms with van der Waals surface area (Å²) in [6.45, 7) is 0.578. The maximum atomic E-state index is 10.5. The average molecular weight is 208 g/mol. The summed E-state index contributed by atoms with van der Waals surface area (Å²) in [5.41, 5.74) is 0.754. The number of hydrogen-bond donors (Lipinski definition) is 2.